The lowest BCUT2D eigenvalue weighted by Gasteiger charge is -2.20. The first kappa shape index (κ1) is 19.9. The molecule has 0 spiro atoms. The summed E-state index contributed by atoms with van der Waals surface area (Å²) in [7, 11) is 0. The van der Waals surface area contributed by atoms with Crippen molar-refractivity contribution in [2.24, 2.45) is 0 Å². The third-order valence-electron chi connectivity index (χ3n) is 3.70. The maximum Gasteiger partial charge on any atom is 0.323 e. The van der Waals surface area contributed by atoms with Crippen LogP contribution in [-0.4, -0.2) is 35.0 Å². The van der Waals surface area contributed by atoms with Crippen LogP contribution in [0, 0.1) is 0 Å². The van der Waals surface area contributed by atoms with Crippen molar-refractivity contribution >= 4 is 11.9 Å². The standard InChI is InChI=1S/C17H33NO3/c1-3-5-7-8-9-10-11-13-16(19)18(15-17(20)21)14-12-6-4-2/h3-15H2,1-2H3,(H,20,21). The summed E-state index contributed by atoms with van der Waals surface area (Å²) in [5.41, 5.74) is 0. The van der Waals surface area contributed by atoms with E-state index in [1.54, 1.807) is 0 Å². The van der Waals surface area contributed by atoms with E-state index in [4.69, 9.17) is 5.11 Å². The van der Waals surface area contributed by atoms with E-state index in [-0.39, 0.29) is 12.5 Å². The normalized spacial score (nSPS) is 10.6. The monoisotopic (exact) mass is 299 g/mol. The molecule has 4 heteroatoms. The van der Waals surface area contributed by atoms with E-state index in [2.05, 4.69) is 13.8 Å². The van der Waals surface area contributed by atoms with Crippen molar-refractivity contribution in [1.29, 1.82) is 0 Å². The quantitative estimate of drug-likeness (QED) is 0.488. The first-order valence-electron chi connectivity index (χ1n) is 8.61. The van der Waals surface area contributed by atoms with Crippen LogP contribution in [0.2, 0.25) is 0 Å². The van der Waals surface area contributed by atoms with Gasteiger partial charge in [0.25, 0.3) is 0 Å². The molecule has 0 aromatic rings. The molecule has 0 aliphatic rings. The van der Waals surface area contributed by atoms with E-state index in [0.717, 1.165) is 32.1 Å². The topological polar surface area (TPSA) is 57.6 Å². The maximum absolute atomic E-state index is 12.1. The van der Waals surface area contributed by atoms with Crippen molar-refractivity contribution in [2.75, 3.05) is 13.1 Å². The molecule has 0 saturated carbocycles. The first-order valence-corrected chi connectivity index (χ1v) is 8.61. The minimum Gasteiger partial charge on any atom is -0.480 e. The summed E-state index contributed by atoms with van der Waals surface area (Å²) in [4.78, 5) is 24.4. The van der Waals surface area contributed by atoms with E-state index in [1.165, 1.54) is 37.0 Å². The number of rotatable bonds is 14. The van der Waals surface area contributed by atoms with Gasteiger partial charge in [-0.1, -0.05) is 65.2 Å². The summed E-state index contributed by atoms with van der Waals surface area (Å²) in [6.07, 6.45) is 11.7. The molecule has 0 atom stereocenters. The molecule has 1 N–H and O–H groups in total. The number of amides is 1. The fourth-order valence-corrected chi connectivity index (χ4v) is 2.40. The predicted molar refractivity (Wildman–Crippen MR) is 86.4 cm³/mol. The zero-order valence-corrected chi connectivity index (χ0v) is 13.9. The van der Waals surface area contributed by atoms with Crippen molar-refractivity contribution in [3.8, 4) is 0 Å². The zero-order chi connectivity index (χ0) is 15.9. The van der Waals surface area contributed by atoms with Gasteiger partial charge in [0.2, 0.25) is 5.91 Å². The van der Waals surface area contributed by atoms with Crippen molar-refractivity contribution in [2.45, 2.75) is 84.5 Å². The van der Waals surface area contributed by atoms with Crippen LogP contribution in [-0.2, 0) is 9.59 Å². The van der Waals surface area contributed by atoms with Gasteiger partial charge in [-0.25, -0.2) is 0 Å². The molecule has 0 heterocycles. The Morgan fingerprint density at radius 3 is 1.90 bits per heavy atom. The minimum absolute atomic E-state index is 0.00191. The summed E-state index contributed by atoms with van der Waals surface area (Å²) in [6.45, 7) is 4.73. The van der Waals surface area contributed by atoms with Gasteiger partial charge in [-0.05, 0) is 12.8 Å². The van der Waals surface area contributed by atoms with E-state index in [0.29, 0.717) is 13.0 Å². The van der Waals surface area contributed by atoms with Gasteiger partial charge in [0, 0.05) is 13.0 Å². The molecule has 0 bridgehead atoms. The smallest absolute Gasteiger partial charge is 0.323 e. The highest BCUT2D eigenvalue weighted by atomic mass is 16.4. The van der Waals surface area contributed by atoms with Gasteiger partial charge in [0.1, 0.15) is 6.54 Å². The molecule has 0 aromatic heterocycles. The number of unbranched alkanes of at least 4 members (excludes halogenated alkanes) is 8. The second-order valence-electron chi connectivity index (χ2n) is 5.79. The number of carbonyl (C=O) groups is 2. The van der Waals surface area contributed by atoms with E-state index < -0.39 is 5.97 Å². The summed E-state index contributed by atoms with van der Waals surface area (Å²) in [6, 6.07) is 0. The Bertz CT molecular complexity index is 279. The van der Waals surface area contributed by atoms with E-state index in [9.17, 15) is 9.59 Å². The van der Waals surface area contributed by atoms with Crippen LogP contribution in [0.3, 0.4) is 0 Å². The molecule has 0 fully saturated rings. The number of carboxylic acids is 1. The summed E-state index contributed by atoms with van der Waals surface area (Å²) >= 11 is 0. The Morgan fingerprint density at radius 2 is 1.33 bits per heavy atom. The van der Waals surface area contributed by atoms with E-state index in [1.807, 2.05) is 0 Å². The number of hydrogen-bond acceptors (Lipinski definition) is 2. The Labute approximate surface area is 129 Å². The fraction of sp³-hybridized carbons (Fsp3) is 0.882. The van der Waals surface area contributed by atoms with Gasteiger partial charge in [0.15, 0.2) is 0 Å². The Hall–Kier alpha value is -1.06. The van der Waals surface area contributed by atoms with Crippen LogP contribution in [0.4, 0.5) is 0 Å². The molecule has 124 valence electrons. The summed E-state index contributed by atoms with van der Waals surface area (Å²) in [5.74, 6) is -0.915. The zero-order valence-electron chi connectivity index (χ0n) is 13.9. The molecule has 4 nitrogen and oxygen atoms in total. The van der Waals surface area contributed by atoms with Gasteiger partial charge in [-0.2, -0.15) is 0 Å². The second kappa shape index (κ2) is 13.9. The predicted octanol–water partition coefficient (Wildman–Crippen LogP) is 4.23. The number of carboxylic acid groups (broad SMARTS) is 1. The fourth-order valence-electron chi connectivity index (χ4n) is 2.40. The van der Waals surface area contributed by atoms with Gasteiger partial charge in [-0.3, -0.25) is 9.59 Å². The average molecular weight is 299 g/mol. The highest BCUT2D eigenvalue weighted by Gasteiger charge is 2.15. The largest absolute Gasteiger partial charge is 0.480 e. The number of aliphatic carboxylic acids is 1. The van der Waals surface area contributed by atoms with Crippen LogP contribution in [0.1, 0.15) is 84.5 Å². The lowest BCUT2D eigenvalue weighted by atomic mass is 10.1. The number of carbonyl (C=O) groups excluding carboxylic acids is 1. The number of nitrogens with zero attached hydrogens (tertiary/aromatic N) is 1. The molecule has 0 aliphatic heterocycles. The highest BCUT2D eigenvalue weighted by molar-refractivity contribution is 5.81. The van der Waals surface area contributed by atoms with Crippen molar-refractivity contribution in [3.63, 3.8) is 0 Å². The van der Waals surface area contributed by atoms with Gasteiger partial charge in [-0.15, -0.1) is 0 Å². The Morgan fingerprint density at radius 1 is 0.810 bits per heavy atom. The molecule has 0 unspecified atom stereocenters. The van der Waals surface area contributed by atoms with Crippen LogP contribution >= 0.6 is 0 Å². The highest BCUT2D eigenvalue weighted by Crippen LogP contribution is 2.10. The SMILES string of the molecule is CCCCCCCCCC(=O)N(CCCCC)CC(=O)O. The summed E-state index contributed by atoms with van der Waals surface area (Å²) < 4.78 is 0. The molecular formula is C17H33NO3. The van der Waals surface area contributed by atoms with Gasteiger partial charge < -0.3 is 10.0 Å². The minimum atomic E-state index is -0.917. The Balaban J connectivity index is 3.85. The van der Waals surface area contributed by atoms with Crippen molar-refractivity contribution < 1.29 is 14.7 Å². The van der Waals surface area contributed by atoms with Crippen LogP contribution in [0.5, 0.6) is 0 Å². The molecule has 0 aliphatic carbocycles. The molecule has 1 amide bonds. The maximum atomic E-state index is 12.1. The van der Waals surface area contributed by atoms with Gasteiger partial charge in [0.05, 0.1) is 0 Å². The molecule has 0 rings (SSSR count). The van der Waals surface area contributed by atoms with Crippen molar-refractivity contribution in [1.82, 2.24) is 4.90 Å². The third kappa shape index (κ3) is 12.4. The summed E-state index contributed by atoms with van der Waals surface area (Å²) in [5, 5.41) is 8.89. The lowest BCUT2D eigenvalue weighted by Crippen LogP contribution is -2.36. The van der Waals surface area contributed by atoms with Crippen molar-refractivity contribution in [3.05, 3.63) is 0 Å². The Kier molecular flexibility index (Phi) is 13.2. The van der Waals surface area contributed by atoms with Crippen LogP contribution in [0.25, 0.3) is 0 Å². The molecule has 0 aromatic carbocycles. The number of hydrogen-bond donors (Lipinski definition) is 1. The van der Waals surface area contributed by atoms with Crippen LogP contribution in [0.15, 0.2) is 0 Å². The average Bonchev–Trinajstić information content (AvgIpc) is 2.45. The third-order valence-corrected chi connectivity index (χ3v) is 3.70. The lowest BCUT2D eigenvalue weighted by molar-refractivity contribution is -0.144. The van der Waals surface area contributed by atoms with E-state index >= 15 is 0 Å². The first-order chi connectivity index (χ1) is 10.1. The molecular weight excluding hydrogens is 266 g/mol. The molecule has 0 saturated heterocycles. The molecule has 21 heavy (non-hydrogen) atoms. The van der Waals surface area contributed by atoms with Crippen LogP contribution < -0.4 is 0 Å². The second-order valence-corrected chi connectivity index (χ2v) is 5.79. The van der Waals surface area contributed by atoms with Gasteiger partial charge >= 0.3 is 5.97 Å². The molecule has 0 radical (unpaired) electrons.